The van der Waals surface area contributed by atoms with Crippen LogP contribution in [0.3, 0.4) is 0 Å². The highest BCUT2D eigenvalue weighted by Crippen LogP contribution is 2.39. The molecule has 0 bridgehead atoms. The molecule has 1 aliphatic rings. The Morgan fingerprint density at radius 2 is 2.00 bits per heavy atom. The molecule has 0 aliphatic carbocycles. The number of aliphatic hydroxyl groups excluding tert-OH is 2. The predicted molar refractivity (Wildman–Crippen MR) is 94.3 cm³/mol. The summed E-state index contributed by atoms with van der Waals surface area (Å²) in [4.78, 5) is 8.26. The third-order valence-electron chi connectivity index (χ3n) is 4.54. The van der Waals surface area contributed by atoms with Crippen LogP contribution in [0.5, 0.6) is 0 Å². The van der Waals surface area contributed by atoms with Crippen molar-refractivity contribution in [2.24, 2.45) is 0 Å². The Balaban J connectivity index is 1.89. The second-order valence-corrected chi connectivity index (χ2v) is 6.53. The van der Waals surface area contributed by atoms with E-state index >= 15 is 0 Å². The molecule has 4 atom stereocenters. The SMILES string of the molecule is Nc1ncnc2c1c(-c1ccc(Cl)cc1)cn2[C@@H]1O[C@H](CO)[C@@H](F)[C@H]1O. The number of fused-ring (bicyclic) bond motifs is 1. The smallest absolute Gasteiger partial charge is 0.164 e. The lowest BCUT2D eigenvalue weighted by Gasteiger charge is -2.16. The van der Waals surface area contributed by atoms with Crippen molar-refractivity contribution in [1.29, 1.82) is 0 Å². The van der Waals surface area contributed by atoms with Gasteiger partial charge >= 0.3 is 0 Å². The lowest BCUT2D eigenvalue weighted by atomic mass is 10.1. The van der Waals surface area contributed by atoms with Gasteiger partial charge in [0.15, 0.2) is 12.4 Å². The van der Waals surface area contributed by atoms with Crippen LogP contribution >= 0.6 is 11.6 Å². The Labute approximate surface area is 152 Å². The maximum absolute atomic E-state index is 14.2. The van der Waals surface area contributed by atoms with Gasteiger partial charge in [-0.15, -0.1) is 0 Å². The summed E-state index contributed by atoms with van der Waals surface area (Å²) in [6.45, 7) is -0.533. The summed E-state index contributed by atoms with van der Waals surface area (Å²) in [6.07, 6.45) is -2.33. The van der Waals surface area contributed by atoms with Gasteiger partial charge in [0.25, 0.3) is 0 Å². The monoisotopic (exact) mass is 378 g/mol. The molecule has 136 valence electrons. The molecule has 2 aromatic heterocycles. The highest BCUT2D eigenvalue weighted by molar-refractivity contribution is 6.30. The normalized spacial score (nSPS) is 25.8. The van der Waals surface area contributed by atoms with E-state index in [9.17, 15) is 14.6 Å². The Kier molecular flexibility index (Phi) is 4.28. The molecule has 3 heterocycles. The number of rotatable bonds is 3. The van der Waals surface area contributed by atoms with Gasteiger partial charge < -0.3 is 25.3 Å². The molecule has 0 spiro atoms. The van der Waals surface area contributed by atoms with Crippen molar-refractivity contribution in [2.45, 2.75) is 24.6 Å². The van der Waals surface area contributed by atoms with Crippen molar-refractivity contribution in [1.82, 2.24) is 14.5 Å². The number of nitrogen functional groups attached to an aromatic ring is 1. The second kappa shape index (κ2) is 6.48. The fourth-order valence-corrected chi connectivity index (χ4v) is 3.36. The summed E-state index contributed by atoms with van der Waals surface area (Å²) in [5.41, 5.74) is 7.95. The van der Waals surface area contributed by atoms with E-state index in [1.807, 2.05) is 12.1 Å². The number of aromatic nitrogens is 3. The van der Waals surface area contributed by atoms with Gasteiger partial charge in [-0.05, 0) is 17.7 Å². The van der Waals surface area contributed by atoms with E-state index in [-0.39, 0.29) is 5.82 Å². The van der Waals surface area contributed by atoms with Crippen molar-refractivity contribution in [2.75, 3.05) is 12.3 Å². The number of nitrogens with zero attached hydrogens (tertiary/aromatic N) is 3. The molecular formula is C17H16ClFN4O3. The third-order valence-corrected chi connectivity index (χ3v) is 4.79. The Morgan fingerprint density at radius 3 is 2.65 bits per heavy atom. The second-order valence-electron chi connectivity index (χ2n) is 6.10. The first-order chi connectivity index (χ1) is 12.5. The van der Waals surface area contributed by atoms with Crippen LogP contribution in [0.15, 0.2) is 36.8 Å². The number of hydrogen-bond acceptors (Lipinski definition) is 6. The van der Waals surface area contributed by atoms with Crippen LogP contribution in [0, 0.1) is 0 Å². The van der Waals surface area contributed by atoms with E-state index in [0.717, 1.165) is 5.56 Å². The number of nitrogens with two attached hydrogens (primary N) is 1. The van der Waals surface area contributed by atoms with Gasteiger partial charge in [0.05, 0.1) is 12.0 Å². The summed E-state index contributed by atoms with van der Waals surface area (Å²) < 4.78 is 21.2. The summed E-state index contributed by atoms with van der Waals surface area (Å²) >= 11 is 5.95. The molecule has 0 amide bonds. The first-order valence-electron chi connectivity index (χ1n) is 7.96. The van der Waals surface area contributed by atoms with E-state index < -0.39 is 31.2 Å². The van der Waals surface area contributed by atoms with Gasteiger partial charge in [-0.3, -0.25) is 0 Å². The molecule has 26 heavy (non-hydrogen) atoms. The molecule has 7 nitrogen and oxygen atoms in total. The first-order valence-corrected chi connectivity index (χ1v) is 8.34. The zero-order valence-corrected chi connectivity index (χ0v) is 14.2. The Bertz CT molecular complexity index is 949. The third kappa shape index (κ3) is 2.62. The highest BCUT2D eigenvalue weighted by Gasteiger charge is 2.45. The quantitative estimate of drug-likeness (QED) is 0.643. The van der Waals surface area contributed by atoms with Crippen LogP contribution in [0.2, 0.25) is 5.02 Å². The zero-order chi connectivity index (χ0) is 18.4. The fourth-order valence-electron chi connectivity index (χ4n) is 3.24. The lowest BCUT2D eigenvalue weighted by molar-refractivity contribution is -0.0492. The van der Waals surface area contributed by atoms with E-state index in [1.54, 1.807) is 18.3 Å². The average molecular weight is 379 g/mol. The number of halogens is 2. The minimum Gasteiger partial charge on any atom is -0.394 e. The van der Waals surface area contributed by atoms with Crippen LogP contribution in [0.4, 0.5) is 10.2 Å². The van der Waals surface area contributed by atoms with E-state index in [0.29, 0.717) is 21.6 Å². The minimum absolute atomic E-state index is 0.252. The fraction of sp³-hybridized carbons (Fsp3) is 0.294. The van der Waals surface area contributed by atoms with Crippen LogP contribution < -0.4 is 5.73 Å². The van der Waals surface area contributed by atoms with Gasteiger partial charge in [0, 0.05) is 16.8 Å². The molecule has 4 N–H and O–H groups in total. The standard InChI is InChI=1S/C17H16ClFN4O3/c18-9-3-1-8(2-4-9)10-5-23(16-12(10)15(20)21-7-22-16)17-14(25)13(19)11(6-24)26-17/h1-5,7,11,13-14,17,24-25H,6H2,(H2,20,21,22)/t11-,13-,14-,17-/m1/s1. The molecule has 1 aromatic carbocycles. The molecule has 1 fully saturated rings. The van der Waals surface area contributed by atoms with Gasteiger partial charge in [0.2, 0.25) is 0 Å². The number of hydrogen-bond donors (Lipinski definition) is 3. The van der Waals surface area contributed by atoms with Crippen molar-refractivity contribution in [3.63, 3.8) is 0 Å². The lowest BCUT2D eigenvalue weighted by Crippen LogP contribution is -2.29. The van der Waals surface area contributed by atoms with E-state index in [2.05, 4.69) is 9.97 Å². The molecule has 3 aromatic rings. The molecular weight excluding hydrogens is 363 g/mol. The van der Waals surface area contributed by atoms with Gasteiger partial charge in [-0.2, -0.15) is 0 Å². The Morgan fingerprint density at radius 1 is 1.27 bits per heavy atom. The summed E-state index contributed by atoms with van der Waals surface area (Å²) in [6, 6.07) is 7.10. The van der Waals surface area contributed by atoms with Crippen LogP contribution in [-0.4, -0.2) is 49.7 Å². The molecule has 0 radical (unpaired) electrons. The zero-order valence-electron chi connectivity index (χ0n) is 13.5. The van der Waals surface area contributed by atoms with Crippen LogP contribution in [0.25, 0.3) is 22.2 Å². The number of ether oxygens (including phenoxy) is 1. The molecule has 1 aliphatic heterocycles. The summed E-state index contributed by atoms with van der Waals surface area (Å²) in [7, 11) is 0. The van der Waals surface area contributed by atoms with Crippen LogP contribution in [0.1, 0.15) is 6.23 Å². The Hall–Kier alpha value is -2.26. The highest BCUT2D eigenvalue weighted by atomic mass is 35.5. The molecule has 0 unspecified atom stereocenters. The van der Waals surface area contributed by atoms with E-state index in [1.165, 1.54) is 10.9 Å². The van der Waals surface area contributed by atoms with Crippen LogP contribution in [-0.2, 0) is 4.74 Å². The topological polar surface area (TPSA) is 106 Å². The summed E-state index contributed by atoms with van der Waals surface area (Å²) in [5.74, 6) is 0.252. The number of alkyl halides is 1. The van der Waals surface area contributed by atoms with Gasteiger partial charge in [-0.1, -0.05) is 23.7 Å². The number of anilines is 1. The van der Waals surface area contributed by atoms with Crippen molar-refractivity contribution in [3.05, 3.63) is 41.8 Å². The maximum Gasteiger partial charge on any atom is 0.164 e. The van der Waals surface area contributed by atoms with Crippen molar-refractivity contribution >= 4 is 28.5 Å². The maximum atomic E-state index is 14.2. The average Bonchev–Trinajstić information content (AvgIpc) is 3.15. The van der Waals surface area contributed by atoms with Crippen molar-refractivity contribution in [3.8, 4) is 11.1 Å². The number of benzene rings is 1. The minimum atomic E-state index is -1.71. The van der Waals surface area contributed by atoms with E-state index in [4.69, 9.17) is 22.1 Å². The summed E-state index contributed by atoms with van der Waals surface area (Å²) in [5, 5.41) is 20.6. The predicted octanol–water partition coefficient (Wildman–Crippen LogP) is 1.92. The van der Waals surface area contributed by atoms with Gasteiger partial charge in [0.1, 0.15) is 30.0 Å². The number of aliphatic hydroxyl groups is 2. The molecule has 4 rings (SSSR count). The largest absolute Gasteiger partial charge is 0.394 e. The van der Waals surface area contributed by atoms with Gasteiger partial charge in [-0.25, -0.2) is 14.4 Å². The molecule has 1 saturated heterocycles. The molecule has 9 heteroatoms. The van der Waals surface area contributed by atoms with Crippen molar-refractivity contribution < 1.29 is 19.3 Å². The molecule has 0 saturated carbocycles. The first kappa shape index (κ1) is 17.2.